The van der Waals surface area contributed by atoms with E-state index in [0.717, 1.165) is 83.5 Å². The van der Waals surface area contributed by atoms with E-state index in [0.29, 0.717) is 19.3 Å². The number of carbonyl (C=O) groups is 3. The Bertz CT molecular complexity index is 1160. The van der Waals surface area contributed by atoms with Gasteiger partial charge in [-0.1, -0.05) is 209 Å². The van der Waals surface area contributed by atoms with Crippen LogP contribution in [0, 0.1) is 0 Å². The number of hydrogen-bond donors (Lipinski definition) is 0. The molecule has 0 bridgehead atoms. The predicted molar refractivity (Wildman–Crippen MR) is 261 cm³/mol. The van der Waals surface area contributed by atoms with E-state index in [9.17, 15) is 14.4 Å². The zero-order valence-corrected chi connectivity index (χ0v) is 39.9. The molecule has 0 saturated heterocycles. The summed E-state index contributed by atoms with van der Waals surface area (Å²) in [5, 5.41) is 0. The molecule has 1 unspecified atom stereocenters. The van der Waals surface area contributed by atoms with Crippen LogP contribution < -0.4 is 0 Å². The molecule has 0 N–H and O–H groups in total. The Hall–Kier alpha value is -3.15. The number of ether oxygens (including phenoxy) is 3. The highest BCUT2D eigenvalue weighted by Gasteiger charge is 2.19. The number of esters is 3. The minimum atomic E-state index is -0.798. The second-order valence-corrected chi connectivity index (χ2v) is 16.7. The van der Waals surface area contributed by atoms with E-state index in [1.807, 2.05) is 0 Å². The lowest BCUT2D eigenvalue weighted by Gasteiger charge is -2.18. The lowest BCUT2D eigenvalue weighted by molar-refractivity contribution is -0.167. The van der Waals surface area contributed by atoms with Crippen LogP contribution in [-0.4, -0.2) is 37.2 Å². The lowest BCUT2D eigenvalue weighted by Crippen LogP contribution is -2.30. The fraction of sp³-hybridized carbons (Fsp3) is 0.727. The van der Waals surface area contributed by atoms with Crippen LogP contribution in [0.15, 0.2) is 72.9 Å². The summed E-state index contributed by atoms with van der Waals surface area (Å²) in [6.45, 7) is 6.45. The van der Waals surface area contributed by atoms with E-state index in [1.165, 1.54) is 109 Å². The monoisotopic (exact) mass is 851 g/mol. The zero-order valence-electron chi connectivity index (χ0n) is 39.9. The maximum Gasteiger partial charge on any atom is 0.306 e. The first-order valence-electron chi connectivity index (χ1n) is 25.4. The van der Waals surface area contributed by atoms with Crippen LogP contribution in [0.4, 0.5) is 0 Å². The molecule has 0 aromatic carbocycles. The van der Waals surface area contributed by atoms with Crippen molar-refractivity contribution < 1.29 is 28.6 Å². The molecular formula is C55H94O6. The van der Waals surface area contributed by atoms with Crippen LogP contribution in [0.25, 0.3) is 0 Å². The van der Waals surface area contributed by atoms with Crippen molar-refractivity contribution in [2.75, 3.05) is 13.2 Å². The summed E-state index contributed by atoms with van der Waals surface area (Å²) in [5.74, 6) is -0.960. The largest absolute Gasteiger partial charge is 0.462 e. The van der Waals surface area contributed by atoms with Crippen molar-refractivity contribution in [1.82, 2.24) is 0 Å². The Balaban J connectivity index is 4.47. The van der Waals surface area contributed by atoms with E-state index < -0.39 is 6.10 Å². The number of hydrogen-bond acceptors (Lipinski definition) is 6. The highest BCUT2D eigenvalue weighted by Crippen LogP contribution is 2.14. The topological polar surface area (TPSA) is 78.9 Å². The van der Waals surface area contributed by atoms with Gasteiger partial charge in [-0.05, 0) is 83.5 Å². The average molecular weight is 851 g/mol. The molecule has 0 aliphatic rings. The molecular weight excluding hydrogens is 757 g/mol. The Morgan fingerprint density at radius 1 is 0.344 bits per heavy atom. The van der Waals surface area contributed by atoms with Crippen LogP contribution in [0.3, 0.4) is 0 Å². The van der Waals surface area contributed by atoms with Crippen LogP contribution >= 0.6 is 0 Å². The van der Waals surface area contributed by atoms with Crippen molar-refractivity contribution in [2.24, 2.45) is 0 Å². The van der Waals surface area contributed by atoms with E-state index in [2.05, 4.69) is 93.7 Å². The third kappa shape index (κ3) is 47.7. The van der Waals surface area contributed by atoms with Crippen molar-refractivity contribution in [3.8, 4) is 0 Å². The van der Waals surface area contributed by atoms with Gasteiger partial charge in [0, 0.05) is 19.3 Å². The number of rotatable bonds is 45. The molecule has 0 aliphatic heterocycles. The lowest BCUT2D eigenvalue weighted by atomic mass is 10.0. The van der Waals surface area contributed by atoms with Gasteiger partial charge in [-0.15, -0.1) is 0 Å². The minimum Gasteiger partial charge on any atom is -0.462 e. The van der Waals surface area contributed by atoms with Crippen molar-refractivity contribution in [1.29, 1.82) is 0 Å². The first kappa shape index (κ1) is 57.9. The standard InChI is InChI=1S/C55H94O6/c1-4-7-10-13-16-19-22-25-27-28-29-31-33-36-39-42-45-48-54(57)60-51-52(50-59-53(56)47-44-41-38-35-32-24-21-18-15-12-9-6-3)61-55(58)49-46-43-40-37-34-30-26-23-20-17-14-11-8-5-2/h8,11,16-17,19-20,25,27,29,31,36,39,52H,4-7,9-10,12-15,18,21-24,26,28,30,32-35,37-38,40-51H2,1-3H3/b11-8-,19-16-,20-17-,27-25-,31-29-,39-36-. The highest BCUT2D eigenvalue weighted by atomic mass is 16.6. The fourth-order valence-electron chi connectivity index (χ4n) is 6.88. The van der Waals surface area contributed by atoms with Gasteiger partial charge in [0.05, 0.1) is 0 Å². The predicted octanol–water partition coefficient (Wildman–Crippen LogP) is 16.6. The van der Waals surface area contributed by atoms with Crippen LogP contribution in [0.1, 0.15) is 239 Å². The summed E-state index contributed by atoms with van der Waals surface area (Å²) >= 11 is 0. The first-order valence-corrected chi connectivity index (χ1v) is 25.4. The Morgan fingerprint density at radius 2 is 0.656 bits per heavy atom. The minimum absolute atomic E-state index is 0.0943. The molecule has 0 rings (SSSR count). The molecule has 0 spiro atoms. The molecule has 61 heavy (non-hydrogen) atoms. The van der Waals surface area contributed by atoms with Crippen LogP contribution in [0.5, 0.6) is 0 Å². The molecule has 0 aromatic heterocycles. The SMILES string of the molecule is CC/C=C\C/C=C\CCCCCCCCCC(=O)OC(COC(=O)CCC/C=C\C/C=C\C/C=C\C/C=C\CCCCC)COC(=O)CCCCCCCCCCCCCC. The summed E-state index contributed by atoms with van der Waals surface area (Å²) in [5.41, 5.74) is 0. The van der Waals surface area contributed by atoms with Gasteiger partial charge in [0.1, 0.15) is 13.2 Å². The molecule has 6 heteroatoms. The van der Waals surface area contributed by atoms with E-state index in [4.69, 9.17) is 14.2 Å². The van der Waals surface area contributed by atoms with Crippen molar-refractivity contribution >= 4 is 17.9 Å². The fourth-order valence-corrected chi connectivity index (χ4v) is 6.88. The van der Waals surface area contributed by atoms with Crippen LogP contribution in [0.2, 0.25) is 0 Å². The van der Waals surface area contributed by atoms with Crippen LogP contribution in [-0.2, 0) is 28.6 Å². The van der Waals surface area contributed by atoms with Crippen molar-refractivity contribution in [3.05, 3.63) is 72.9 Å². The van der Waals surface area contributed by atoms with Crippen molar-refractivity contribution in [2.45, 2.75) is 245 Å². The van der Waals surface area contributed by atoms with Gasteiger partial charge in [0.2, 0.25) is 0 Å². The molecule has 0 aliphatic carbocycles. The third-order valence-corrected chi connectivity index (χ3v) is 10.7. The van der Waals surface area contributed by atoms with Gasteiger partial charge in [0.15, 0.2) is 6.10 Å². The summed E-state index contributed by atoms with van der Waals surface area (Å²) in [7, 11) is 0. The molecule has 0 fully saturated rings. The summed E-state index contributed by atoms with van der Waals surface area (Å²) in [6.07, 6.45) is 61.7. The van der Waals surface area contributed by atoms with E-state index in [1.54, 1.807) is 0 Å². The molecule has 0 radical (unpaired) electrons. The van der Waals surface area contributed by atoms with Gasteiger partial charge in [-0.3, -0.25) is 14.4 Å². The molecule has 0 saturated carbocycles. The van der Waals surface area contributed by atoms with Gasteiger partial charge >= 0.3 is 17.9 Å². The highest BCUT2D eigenvalue weighted by molar-refractivity contribution is 5.71. The summed E-state index contributed by atoms with van der Waals surface area (Å²) < 4.78 is 16.7. The van der Waals surface area contributed by atoms with Gasteiger partial charge in [-0.2, -0.15) is 0 Å². The quantitative estimate of drug-likeness (QED) is 0.0263. The Labute approximate surface area is 376 Å². The summed E-state index contributed by atoms with van der Waals surface area (Å²) in [4.78, 5) is 37.9. The molecule has 6 nitrogen and oxygen atoms in total. The second kappa shape index (κ2) is 49.5. The number of unbranched alkanes of at least 4 members (excludes halogenated alkanes) is 22. The first-order chi connectivity index (χ1) is 30.0. The second-order valence-electron chi connectivity index (χ2n) is 16.7. The van der Waals surface area contributed by atoms with Gasteiger partial charge in [-0.25, -0.2) is 0 Å². The molecule has 0 amide bonds. The third-order valence-electron chi connectivity index (χ3n) is 10.7. The smallest absolute Gasteiger partial charge is 0.306 e. The van der Waals surface area contributed by atoms with Crippen molar-refractivity contribution in [3.63, 3.8) is 0 Å². The van der Waals surface area contributed by atoms with Gasteiger partial charge in [0.25, 0.3) is 0 Å². The van der Waals surface area contributed by atoms with E-state index >= 15 is 0 Å². The molecule has 350 valence electrons. The van der Waals surface area contributed by atoms with Gasteiger partial charge < -0.3 is 14.2 Å². The Kier molecular flexibility index (Phi) is 46.9. The van der Waals surface area contributed by atoms with E-state index in [-0.39, 0.29) is 37.5 Å². The Morgan fingerprint density at radius 3 is 1.10 bits per heavy atom. The maximum absolute atomic E-state index is 12.8. The normalized spacial score (nSPS) is 12.6. The molecule has 0 heterocycles. The average Bonchev–Trinajstić information content (AvgIpc) is 3.26. The maximum atomic E-state index is 12.8. The number of allylic oxidation sites excluding steroid dienone is 12. The molecule has 0 aromatic rings. The zero-order chi connectivity index (χ0) is 44.4. The molecule has 1 atom stereocenters. The number of carbonyl (C=O) groups excluding carboxylic acids is 3. The summed E-state index contributed by atoms with van der Waals surface area (Å²) in [6, 6.07) is 0.